The molecule has 1 nitrogen and oxygen atoms in total. The molecule has 0 aromatic heterocycles. The third kappa shape index (κ3) is 1.76. The maximum absolute atomic E-state index is 3.24. The highest BCUT2D eigenvalue weighted by atomic mass is 14.8. The maximum atomic E-state index is 3.24. The first-order valence-electron chi connectivity index (χ1n) is 4.87. The van der Waals surface area contributed by atoms with Gasteiger partial charge in [0.1, 0.15) is 0 Å². The zero-order valence-electron chi connectivity index (χ0n) is 8.11. The number of hydrogen-bond donors (Lipinski definition) is 1. The average molecular weight is 155 g/mol. The van der Waals surface area contributed by atoms with Gasteiger partial charge in [-0.3, -0.25) is 0 Å². The Hall–Kier alpha value is -0.0400. The van der Waals surface area contributed by atoms with Crippen molar-refractivity contribution in [3.8, 4) is 0 Å². The predicted molar refractivity (Wildman–Crippen MR) is 49.7 cm³/mol. The van der Waals surface area contributed by atoms with E-state index in [1.54, 1.807) is 0 Å². The molecule has 0 aliphatic heterocycles. The van der Waals surface area contributed by atoms with Crippen LogP contribution in [-0.2, 0) is 0 Å². The van der Waals surface area contributed by atoms with Crippen molar-refractivity contribution in [2.24, 2.45) is 11.3 Å². The second kappa shape index (κ2) is 3.57. The second-order valence-corrected chi connectivity index (χ2v) is 4.15. The van der Waals surface area contributed by atoms with E-state index in [9.17, 15) is 0 Å². The first-order chi connectivity index (χ1) is 5.23. The fraction of sp³-hybridized carbons (Fsp3) is 1.00. The summed E-state index contributed by atoms with van der Waals surface area (Å²) in [5.41, 5.74) is 0.678. The van der Waals surface area contributed by atoms with Gasteiger partial charge >= 0.3 is 0 Å². The SMILES string of the molecule is CC[C@H]1CC[C@@]1(C)CCNC. The normalized spacial score (nSPS) is 36.8. The highest BCUT2D eigenvalue weighted by Gasteiger charge is 2.40. The molecule has 0 bridgehead atoms. The molecule has 2 atom stereocenters. The second-order valence-electron chi connectivity index (χ2n) is 4.15. The first kappa shape index (κ1) is 9.05. The van der Waals surface area contributed by atoms with Gasteiger partial charge in [-0.2, -0.15) is 0 Å². The van der Waals surface area contributed by atoms with Crippen molar-refractivity contribution in [2.45, 2.75) is 39.5 Å². The van der Waals surface area contributed by atoms with E-state index in [1.807, 2.05) is 7.05 Å². The zero-order chi connectivity index (χ0) is 8.32. The minimum atomic E-state index is 0.678. The summed E-state index contributed by atoms with van der Waals surface area (Å²) < 4.78 is 0. The quantitative estimate of drug-likeness (QED) is 0.657. The van der Waals surface area contributed by atoms with Gasteiger partial charge in [-0.1, -0.05) is 20.3 Å². The highest BCUT2D eigenvalue weighted by molar-refractivity contribution is 4.91. The molecule has 0 heterocycles. The molecule has 1 rings (SSSR count). The van der Waals surface area contributed by atoms with E-state index < -0.39 is 0 Å². The summed E-state index contributed by atoms with van der Waals surface area (Å²) >= 11 is 0. The zero-order valence-corrected chi connectivity index (χ0v) is 8.11. The summed E-state index contributed by atoms with van der Waals surface area (Å²) in [7, 11) is 2.04. The minimum Gasteiger partial charge on any atom is -0.320 e. The van der Waals surface area contributed by atoms with Crippen molar-refractivity contribution in [2.75, 3.05) is 13.6 Å². The molecular weight excluding hydrogens is 134 g/mol. The van der Waals surface area contributed by atoms with E-state index in [4.69, 9.17) is 0 Å². The van der Waals surface area contributed by atoms with E-state index in [0.717, 1.165) is 5.92 Å². The Labute approximate surface area is 70.6 Å². The summed E-state index contributed by atoms with van der Waals surface area (Å²) in [6.07, 6.45) is 5.66. The molecule has 1 saturated carbocycles. The fourth-order valence-corrected chi connectivity index (χ4v) is 2.28. The van der Waals surface area contributed by atoms with E-state index in [2.05, 4.69) is 19.2 Å². The standard InChI is InChI=1S/C10H21N/c1-4-9-5-6-10(9,2)7-8-11-3/h9,11H,4-8H2,1-3H3/t9-,10-/m0/s1. The first-order valence-corrected chi connectivity index (χ1v) is 4.87. The smallest absolute Gasteiger partial charge is 0.00466 e. The lowest BCUT2D eigenvalue weighted by atomic mass is 9.59. The molecule has 0 saturated heterocycles. The van der Waals surface area contributed by atoms with Crippen molar-refractivity contribution >= 4 is 0 Å². The van der Waals surface area contributed by atoms with E-state index >= 15 is 0 Å². The maximum Gasteiger partial charge on any atom is -0.00466 e. The van der Waals surface area contributed by atoms with Crippen LogP contribution in [0.2, 0.25) is 0 Å². The van der Waals surface area contributed by atoms with Gasteiger partial charge in [0.2, 0.25) is 0 Å². The third-order valence-corrected chi connectivity index (χ3v) is 3.49. The average Bonchev–Trinajstić information content (AvgIpc) is 1.99. The van der Waals surface area contributed by atoms with Gasteiger partial charge in [-0.25, -0.2) is 0 Å². The lowest BCUT2D eigenvalue weighted by Crippen LogP contribution is -2.39. The van der Waals surface area contributed by atoms with Gasteiger partial charge in [0.25, 0.3) is 0 Å². The van der Waals surface area contributed by atoms with E-state index in [-0.39, 0.29) is 0 Å². The summed E-state index contributed by atoms with van der Waals surface area (Å²) in [4.78, 5) is 0. The molecule has 0 radical (unpaired) electrons. The van der Waals surface area contributed by atoms with Gasteiger partial charge < -0.3 is 5.32 Å². The van der Waals surface area contributed by atoms with Gasteiger partial charge in [0.15, 0.2) is 0 Å². The van der Waals surface area contributed by atoms with E-state index in [1.165, 1.54) is 32.2 Å². The lowest BCUT2D eigenvalue weighted by Gasteiger charge is -2.47. The molecule has 1 aliphatic carbocycles. The van der Waals surface area contributed by atoms with Crippen LogP contribution in [-0.4, -0.2) is 13.6 Å². The molecule has 0 unspecified atom stereocenters. The summed E-state index contributed by atoms with van der Waals surface area (Å²) in [5.74, 6) is 1.01. The van der Waals surface area contributed by atoms with Crippen LogP contribution in [0.5, 0.6) is 0 Å². The largest absolute Gasteiger partial charge is 0.320 e. The molecule has 1 N–H and O–H groups in total. The van der Waals surface area contributed by atoms with Gasteiger partial charge in [0.05, 0.1) is 0 Å². The topological polar surface area (TPSA) is 12.0 Å². The minimum absolute atomic E-state index is 0.678. The van der Waals surface area contributed by atoms with Crippen LogP contribution in [0, 0.1) is 11.3 Å². The Bertz CT molecular complexity index is 120. The summed E-state index contributed by atoms with van der Waals surface area (Å²) in [6.45, 7) is 5.95. The lowest BCUT2D eigenvalue weighted by molar-refractivity contribution is 0.0386. The molecule has 0 aromatic rings. The van der Waals surface area contributed by atoms with Crippen LogP contribution in [0.25, 0.3) is 0 Å². The Kier molecular flexibility index (Phi) is 2.94. The molecule has 0 amide bonds. The monoisotopic (exact) mass is 155 g/mol. The highest BCUT2D eigenvalue weighted by Crippen LogP contribution is 2.50. The van der Waals surface area contributed by atoms with E-state index in [0.29, 0.717) is 5.41 Å². The summed E-state index contributed by atoms with van der Waals surface area (Å²) in [5, 5.41) is 3.24. The molecule has 1 aliphatic rings. The Morgan fingerprint density at radius 2 is 2.27 bits per heavy atom. The van der Waals surface area contributed by atoms with Crippen molar-refractivity contribution in [3.05, 3.63) is 0 Å². The Morgan fingerprint density at radius 1 is 1.55 bits per heavy atom. The van der Waals surface area contributed by atoms with Crippen molar-refractivity contribution in [1.29, 1.82) is 0 Å². The molecule has 0 spiro atoms. The molecule has 1 fully saturated rings. The Morgan fingerprint density at radius 3 is 2.64 bits per heavy atom. The van der Waals surface area contributed by atoms with Gasteiger partial charge in [-0.15, -0.1) is 0 Å². The number of rotatable bonds is 4. The van der Waals surface area contributed by atoms with Crippen molar-refractivity contribution < 1.29 is 0 Å². The molecule has 11 heavy (non-hydrogen) atoms. The number of nitrogens with one attached hydrogen (secondary N) is 1. The van der Waals surface area contributed by atoms with Crippen LogP contribution in [0.1, 0.15) is 39.5 Å². The van der Waals surface area contributed by atoms with Gasteiger partial charge in [-0.05, 0) is 44.2 Å². The fourth-order valence-electron chi connectivity index (χ4n) is 2.28. The third-order valence-electron chi connectivity index (χ3n) is 3.49. The van der Waals surface area contributed by atoms with Crippen LogP contribution in [0.15, 0.2) is 0 Å². The molecule has 66 valence electrons. The van der Waals surface area contributed by atoms with Gasteiger partial charge in [0, 0.05) is 0 Å². The Balaban J connectivity index is 2.28. The summed E-state index contributed by atoms with van der Waals surface area (Å²) in [6, 6.07) is 0. The van der Waals surface area contributed by atoms with Crippen LogP contribution in [0.4, 0.5) is 0 Å². The van der Waals surface area contributed by atoms with Crippen molar-refractivity contribution in [3.63, 3.8) is 0 Å². The molecular formula is C10H21N. The number of hydrogen-bond acceptors (Lipinski definition) is 1. The van der Waals surface area contributed by atoms with Crippen molar-refractivity contribution in [1.82, 2.24) is 5.32 Å². The van der Waals surface area contributed by atoms with Crippen LogP contribution < -0.4 is 5.32 Å². The van der Waals surface area contributed by atoms with Crippen LogP contribution in [0.3, 0.4) is 0 Å². The molecule has 0 aromatic carbocycles. The molecule has 1 heteroatoms. The predicted octanol–water partition coefficient (Wildman–Crippen LogP) is 2.42. The van der Waals surface area contributed by atoms with Crippen LogP contribution >= 0.6 is 0 Å².